The number of rotatable bonds is 8. The van der Waals surface area contributed by atoms with Crippen molar-refractivity contribution in [2.24, 2.45) is 0 Å². The van der Waals surface area contributed by atoms with Gasteiger partial charge in [-0.25, -0.2) is 0 Å². The number of hydrogen-bond donors (Lipinski definition) is 1. The van der Waals surface area contributed by atoms with Gasteiger partial charge in [-0.2, -0.15) is 0 Å². The van der Waals surface area contributed by atoms with Gasteiger partial charge in [0.1, 0.15) is 0 Å². The third kappa shape index (κ3) is 4.34. The quantitative estimate of drug-likeness (QED) is 0.410. The lowest BCUT2D eigenvalue weighted by Gasteiger charge is -2.23. The molecule has 0 fully saturated rings. The molecule has 1 aliphatic heterocycles. The van der Waals surface area contributed by atoms with E-state index in [0.717, 1.165) is 20.9 Å². The van der Waals surface area contributed by atoms with Crippen LogP contribution in [0.4, 0.5) is 10.8 Å². The molecule has 0 atom stereocenters. The van der Waals surface area contributed by atoms with Crippen molar-refractivity contribution in [1.82, 2.24) is 10.2 Å². The van der Waals surface area contributed by atoms with Crippen molar-refractivity contribution < 1.29 is 9.53 Å². The molecule has 0 spiro atoms. The number of carbonyl (C=O) groups is 1. The summed E-state index contributed by atoms with van der Waals surface area (Å²) in [6, 6.07) is 8.30. The van der Waals surface area contributed by atoms with E-state index < -0.39 is 0 Å². The van der Waals surface area contributed by atoms with Gasteiger partial charge in [-0.15, -0.1) is 10.2 Å². The number of nitrogens with zero attached hydrogens (tertiary/aromatic N) is 3. The van der Waals surface area contributed by atoms with Gasteiger partial charge in [0, 0.05) is 43.6 Å². The highest BCUT2D eigenvalue weighted by Crippen LogP contribution is 2.46. The Kier molecular flexibility index (Phi) is 6.18. The van der Waals surface area contributed by atoms with Crippen molar-refractivity contribution in [3.63, 3.8) is 0 Å². The van der Waals surface area contributed by atoms with Crippen molar-refractivity contribution in [2.45, 2.75) is 23.6 Å². The maximum absolute atomic E-state index is 12.6. The van der Waals surface area contributed by atoms with E-state index in [1.807, 2.05) is 19.2 Å². The van der Waals surface area contributed by atoms with E-state index in [9.17, 15) is 4.79 Å². The van der Waals surface area contributed by atoms with E-state index in [0.29, 0.717) is 18.9 Å². The van der Waals surface area contributed by atoms with Gasteiger partial charge in [-0.1, -0.05) is 55.1 Å². The minimum Gasteiger partial charge on any atom is -0.383 e. The van der Waals surface area contributed by atoms with Gasteiger partial charge in [0.15, 0.2) is 10.1 Å². The fourth-order valence-corrected chi connectivity index (χ4v) is 4.79. The summed E-state index contributed by atoms with van der Waals surface area (Å²) in [5.74, 6) is 0.419. The van der Waals surface area contributed by atoms with Crippen LogP contribution in [0, 0.1) is 0 Å². The molecule has 1 aromatic carbocycles. The predicted molar refractivity (Wildman–Crippen MR) is 112 cm³/mol. The summed E-state index contributed by atoms with van der Waals surface area (Å²) in [6.45, 7) is 5.61. The molecule has 3 rings (SSSR count). The Hall–Kier alpha value is -1.90. The van der Waals surface area contributed by atoms with Gasteiger partial charge in [0.2, 0.25) is 5.13 Å². The van der Waals surface area contributed by atoms with E-state index in [4.69, 9.17) is 4.74 Å². The summed E-state index contributed by atoms with van der Waals surface area (Å²) in [4.78, 5) is 14.7. The minimum absolute atomic E-state index is 0.0758. The van der Waals surface area contributed by atoms with E-state index in [-0.39, 0.29) is 11.2 Å². The van der Waals surface area contributed by atoms with E-state index in [2.05, 4.69) is 46.4 Å². The van der Waals surface area contributed by atoms with Crippen LogP contribution >= 0.6 is 23.1 Å². The van der Waals surface area contributed by atoms with Crippen molar-refractivity contribution in [3.8, 4) is 0 Å². The summed E-state index contributed by atoms with van der Waals surface area (Å²) in [5.41, 5.74) is 3.24. The summed E-state index contributed by atoms with van der Waals surface area (Å²) < 4.78 is 5.78. The van der Waals surface area contributed by atoms with Crippen molar-refractivity contribution in [3.05, 3.63) is 41.6 Å². The number of likely N-dealkylation sites (N-methyl/N-ethyl adjacent to an activating group) is 1. The Bertz CT molecular complexity index is 848. The van der Waals surface area contributed by atoms with E-state index in [1.54, 1.807) is 13.2 Å². The lowest BCUT2D eigenvalue weighted by Crippen LogP contribution is -2.24. The van der Waals surface area contributed by atoms with Crippen LogP contribution in [0.5, 0.6) is 0 Å². The van der Waals surface area contributed by atoms with Crippen LogP contribution in [-0.2, 0) is 14.9 Å². The lowest BCUT2D eigenvalue weighted by atomic mass is 9.83. The topological polar surface area (TPSA) is 67.3 Å². The molecule has 2 heterocycles. The van der Waals surface area contributed by atoms with Crippen LogP contribution in [0.2, 0.25) is 0 Å². The molecule has 2 aromatic rings. The van der Waals surface area contributed by atoms with Crippen molar-refractivity contribution >= 4 is 39.7 Å². The first-order chi connectivity index (χ1) is 12.9. The van der Waals surface area contributed by atoms with Gasteiger partial charge in [0.05, 0.1) is 12.4 Å². The number of ether oxygens (including phenoxy) is 1. The van der Waals surface area contributed by atoms with Crippen molar-refractivity contribution in [1.29, 1.82) is 0 Å². The molecule has 0 aliphatic carbocycles. The largest absolute Gasteiger partial charge is 0.383 e. The number of hydrogen-bond acceptors (Lipinski definition) is 8. The molecule has 144 valence electrons. The molecule has 8 heteroatoms. The first kappa shape index (κ1) is 19.9. The summed E-state index contributed by atoms with van der Waals surface area (Å²) in [6.07, 6.45) is 1.77. The summed E-state index contributed by atoms with van der Waals surface area (Å²) >= 11 is 2.87. The zero-order valence-corrected chi connectivity index (χ0v) is 17.6. The molecule has 0 saturated heterocycles. The normalized spacial score (nSPS) is 16.6. The van der Waals surface area contributed by atoms with E-state index in [1.165, 1.54) is 28.7 Å². The molecule has 0 saturated carbocycles. The number of ketones is 1. The van der Waals surface area contributed by atoms with Gasteiger partial charge in [-0.05, 0) is 11.6 Å². The molecule has 0 unspecified atom stereocenters. The van der Waals surface area contributed by atoms with Gasteiger partial charge < -0.3 is 15.0 Å². The Labute approximate surface area is 168 Å². The van der Waals surface area contributed by atoms with Crippen LogP contribution in [0.15, 0.2) is 40.4 Å². The molecule has 0 bridgehead atoms. The number of fused-ring (bicyclic) bond motifs is 1. The first-order valence-electron chi connectivity index (χ1n) is 8.71. The van der Waals surface area contributed by atoms with Crippen LogP contribution in [-0.4, -0.2) is 49.0 Å². The smallest absolute Gasteiger partial charge is 0.206 e. The second kappa shape index (κ2) is 8.41. The Morgan fingerprint density at radius 3 is 2.89 bits per heavy atom. The fraction of sp³-hybridized carbons (Fsp3) is 0.421. The Balaban J connectivity index is 1.62. The number of allylic oxidation sites excluding steroid dienone is 2. The molecule has 1 aliphatic rings. The highest BCUT2D eigenvalue weighted by Gasteiger charge is 2.38. The number of aromatic nitrogens is 2. The predicted octanol–water partition coefficient (Wildman–Crippen LogP) is 3.57. The number of para-hydroxylation sites is 1. The molecule has 27 heavy (non-hydrogen) atoms. The molecular formula is C19H24N4O2S2. The van der Waals surface area contributed by atoms with E-state index >= 15 is 0 Å². The third-order valence-corrected chi connectivity index (χ3v) is 6.60. The highest BCUT2D eigenvalue weighted by molar-refractivity contribution is 8.01. The number of nitrogens with one attached hydrogen (secondary N) is 1. The average molecular weight is 405 g/mol. The second-order valence-electron chi connectivity index (χ2n) is 6.78. The Morgan fingerprint density at radius 1 is 1.37 bits per heavy atom. The third-order valence-electron chi connectivity index (χ3n) is 4.56. The number of thioether (sulfide) groups is 1. The monoisotopic (exact) mass is 404 g/mol. The lowest BCUT2D eigenvalue weighted by molar-refractivity contribution is -0.112. The maximum atomic E-state index is 12.6. The molecule has 0 radical (unpaired) electrons. The first-order valence-corrected chi connectivity index (χ1v) is 10.5. The SMILES string of the molecule is COCCNc1nnc(SCC(=O)C=C2N(C)c3ccccc3C2(C)C)s1. The zero-order chi connectivity index (χ0) is 19.4. The number of carbonyl (C=O) groups excluding carboxylic acids is 1. The maximum Gasteiger partial charge on any atom is 0.206 e. The number of anilines is 2. The van der Waals surface area contributed by atoms with Crippen LogP contribution < -0.4 is 10.2 Å². The van der Waals surface area contributed by atoms with Gasteiger partial charge in [0.25, 0.3) is 0 Å². The standard InChI is InChI=1S/C19H24N4O2S2/c1-19(2)14-7-5-6-8-15(14)23(3)16(19)11-13(24)12-26-18-22-21-17(27-18)20-9-10-25-4/h5-8,11H,9-10,12H2,1-4H3,(H,20,21). The minimum atomic E-state index is -0.188. The highest BCUT2D eigenvalue weighted by atomic mass is 32.2. The summed E-state index contributed by atoms with van der Waals surface area (Å²) in [7, 11) is 3.67. The fourth-order valence-electron chi connectivity index (χ4n) is 3.19. The van der Waals surface area contributed by atoms with Gasteiger partial charge >= 0.3 is 0 Å². The van der Waals surface area contributed by atoms with Crippen LogP contribution in [0.25, 0.3) is 0 Å². The molecule has 1 N–H and O–H groups in total. The Morgan fingerprint density at radius 2 is 2.15 bits per heavy atom. The molecule has 1 aromatic heterocycles. The molecule has 6 nitrogen and oxygen atoms in total. The van der Waals surface area contributed by atoms with Crippen LogP contribution in [0.1, 0.15) is 19.4 Å². The van der Waals surface area contributed by atoms with Crippen molar-refractivity contribution in [2.75, 3.05) is 43.3 Å². The van der Waals surface area contributed by atoms with Gasteiger partial charge in [-0.3, -0.25) is 4.79 Å². The number of benzene rings is 1. The molecular weight excluding hydrogens is 380 g/mol. The summed E-state index contributed by atoms with van der Waals surface area (Å²) in [5, 5.41) is 12.1. The average Bonchev–Trinajstić information content (AvgIpc) is 3.18. The number of methoxy groups -OCH3 is 1. The van der Waals surface area contributed by atoms with Crippen LogP contribution in [0.3, 0.4) is 0 Å². The second-order valence-corrected chi connectivity index (χ2v) is 8.98. The molecule has 0 amide bonds. The zero-order valence-electron chi connectivity index (χ0n) is 16.0.